The SMILES string of the molecule is CCCCCC(N=O)C(C)C. The van der Waals surface area contributed by atoms with Crippen LogP contribution in [-0.4, -0.2) is 6.04 Å². The van der Waals surface area contributed by atoms with E-state index >= 15 is 0 Å². The fourth-order valence-corrected chi connectivity index (χ4v) is 1.11. The molecule has 0 aromatic rings. The van der Waals surface area contributed by atoms with E-state index < -0.39 is 0 Å². The van der Waals surface area contributed by atoms with Gasteiger partial charge in [-0.25, -0.2) is 0 Å². The van der Waals surface area contributed by atoms with E-state index in [-0.39, 0.29) is 6.04 Å². The molecule has 66 valence electrons. The lowest BCUT2D eigenvalue weighted by atomic mass is 9.99. The van der Waals surface area contributed by atoms with E-state index in [9.17, 15) is 4.91 Å². The van der Waals surface area contributed by atoms with Gasteiger partial charge in [-0.3, -0.25) is 0 Å². The molecular weight excluding hydrogens is 138 g/mol. The molecule has 1 atom stereocenters. The standard InChI is InChI=1S/C9H19NO/c1-4-5-6-7-9(10-11)8(2)3/h8-9H,4-7H2,1-3H3. The van der Waals surface area contributed by atoms with Crippen LogP contribution in [0.15, 0.2) is 5.18 Å². The van der Waals surface area contributed by atoms with Crippen molar-refractivity contribution in [1.82, 2.24) is 0 Å². The summed E-state index contributed by atoms with van der Waals surface area (Å²) in [7, 11) is 0. The monoisotopic (exact) mass is 157 g/mol. The van der Waals surface area contributed by atoms with E-state index in [4.69, 9.17) is 0 Å². The molecule has 0 rings (SSSR count). The molecule has 0 aromatic heterocycles. The summed E-state index contributed by atoms with van der Waals surface area (Å²) in [6.07, 6.45) is 4.54. The minimum Gasteiger partial charge on any atom is -0.151 e. The van der Waals surface area contributed by atoms with Crippen LogP contribution in [-0.2, 0) is 0 Å². The van der Waals surface area contributed by atoms with Crippen molar-refractivity contribution in [2.24, 2.45) is 11.1 Å². The molecule has 11 heavy (non-hydrogen) atoms. The summed E-state index contributed by atoms with van der Waals surface area (Å²) in [5.41, 5.74) is 0. The van der Waals surface area contributed by atoms with Gasteiger partial charge in [0.2, 0.25) is 0 Å². The van der Waals surface area contributed by atoms with Crippen molar-refractivity contribution in [2.45, 2.75) is 52.5 Å². The maximum absolute atomic E-state index is 10.3. The molecule has 2 heteroatoms. The van der Waals surface area contributed by atoms with Gasteiger partial charge >= 0.3 is 0 Å². The fourth-order valence-electron chi connectivity index (χ4n) is 1.11. The lowest BCUT2D eigenvalue weighted by Gasteiger charge is -2.11. The molecule has 0 aliphatic carbocycles. The van der Waals surface area contributed by atoms with Crippen LogP contribution in [0.5, 0.6) is 0 Å². The summed E-state index contributed by atoms with van der Waals surface area (Å²) >= 11 is 0. The van der Waals surface area contributed by atoms with Gasteiger partial charge in [0.1, 0.15) is 0 Å². The number of hydrogen-bond donors (Lipinski definition) is 0. The quantitative estimate of drug-likeness (QED) is 0.429. The largest absolute Gasteiger partial charge is 0.151 e. The minimum atomic E-state index is 0.0431. The number of hydrogen-bond acceptors (Lipinski definition) is 2. The Labute approximate surface area is 69.4 Å². The van der Waals surface area contributed by atoms with Gasteiger partial charge in [0.25, 0.3) is 0 Å². The number of nitrogens with zero attached hydrogens (tertiary/aromatic N) is 1. The summed E-state index contributed by atoms with van der Waals surface area (Å²) < 4.78 is 0. The lowest BCUT2D eigenvalue weighted by molar-refractivity contribution is 0.444. The van der Waals surface area contributed by atoms with Crippen molar-refractivity contribution < 1.29 is 0 Å². The van der Waals surface area contributed by atoms with Crippen molar-refractivity contribution >= 4 is 0 Å². The van der Waals surface area contributed by atoms with Crippen molar-refractivity contribution in [1.29, 1.82) is 0 Å². The molecule has 0 amide bonds. The van der Waals surface area contributed by atoms with E-state index in [0.717, 1.165) is 12.8 Å². The smallest absolute Gasteiger partial charge is 0.0942 e. The molecular formula is C9H19NO. The van der Waals surface area contributed by atoms with Crippen LogP contribution in [0.3, 0.4) is 0 Å². The van der Waals surface area contributed by atoms with Crippen molar-refractivity contribution in [3.05, 3.63) is 4.91 Å². The molecule has 0 spiro atoms. The Morgan fingerprint density at radius 3 is 2.27 bits per heavy atom. The van der Waals surface area contributed by atoms with Gasteiger partial charge in [0, 0.05) is 0 Å². The van der Waals surface area contributed by atoms with Crippen LogP contribution in [0, 0.1) is 10.8 Å². The maximum atomic E-state index is 10.3. The van der Waals surface area contributed by atoms with Gasteiger partial charge in [-0.15, -0.1) is 0 Å². The third-order valence-corrected chi connectivity index (χ3v) is 2.01. The highest BCUT2D eigenvalue weighted by Gasteiger charge is 2.11. The average Bonchev–Trinajstić information content (AvgIpc) is 1.97. The highest BCUT2D eigenvalue weighted by Crippen LogP contribution is 2.14. The predicted molar refractivity (Wildman–Crippen MR) is 48.6 cm³/mol. The highest BCUT2D eigenvalue weighted by atomic mass is 16.3. The first-order valence-corrected chi connectivity index (χ1v) is 4.54. The Morgan fingerprint density at radius 2 is 1.91 bits per heavy atom. The first kappa shape index (κ1) is 10.6. The summed E-state index contributed by atoms with van der Waals surface area (Å²) in [5.74, 6) is 0.407. The van der Waals surface area contributed by atoms with Gasteiger partial charge in [-0.2, -0.15) is 4.91 Å². The van der Waals surface area contributed by atoms with Gasteiger partial charge in [-0.1, -0.05) is 45.2 Å². The van der Waals surface area contributed by atoms with Gasteiger partial charge < -0.3 is 0 Å². The second-order valence-corrected chi connectivity index (χ2v) is 3.41. The molecule has 0 aliphatic rings. The summed E-state index contributed by atoms with van der Waals surface area (Å²) in [6.45, 7) is 6.27. The van der Waals surface area contributed by atoms with E-state index in [1.54, 1.807) is 0 Å². The zero-order chi connectivity index (χ0) is 8.69. The fraction of sp³-hybridized carbons (Fsp3) is 1.00. The molecule has 0 radical (unpaired) electrons. The van der Waals surface area contributed by atoms with E-state index in [2.05, 4.69) is 25.9 Å². The predicted octanol–water partition coefficient (Wildman–Crippen LogP) is 3.36. The van der Waals surface area contributed by atoms with Crippen LogP contribution in [0.25, 0.3) is 0 Å². The Balaban J connectivity index is 3.44. The van der Waals surface area contributed by atoms with E-state index in [1.165, 1.54) is 12.8 Å². The third-order valence-electron chi connectivity index (χ3n) is 2.01. The molecule has 0 saturated carbocycles. The topological polar surface area (TPSA) is 29.4 Å². The molecule has 0 aliphatic heterocycles. The van der Waals surface area contributed by atoms with Crippen LogP contribution < -0.4 is 0 Å². The molecule has 0 N–H and O–H groups in total. The third kappa shape index (κ3) is 4.93. The van der Waals surface area contributed by atoms with E-state index in [0.29, 0.717) is 5.92 Å². The second-order valence-electron chi connectivity index (χ2n) is 3.41. The molecule has 0 saturated heterocycles. The molecule has 0 aromatic carbocycles. The normalized spacial score (nSPS) is 13.5. The van der Waals surface area contributed by atoms with Gasteiger partial charge in [-0.05, 0) is 12.3 Å². The lowest BCUT2D eigenvalue weighted by Crippen LogP contribution is -2.11. The van der Waals surface area contributed by atoms with Crippen LogP contribution in [0.2, 0.25) is 0 Å². The van der Waals surface area contributed by atoms with E-state index in [1.807, 2.05) is 0 Å². The minimum absolute atomic E-state index is 0.0431. The molecule has 0 fully saturated rings. The maximum Gasteiger partial charge on any atom is 0.0942 e. The van der Waals surface area contributed by atoms with Gasteiger partial charge in [0.05, 0.1) is 6.04 Å². The van der Waals surface area contributed by atoms with Crippen LogP contribution in [0.1, 0.15) is 46.5 Å². The Bertz CT molecular complexity index is 102. The van der Waals surface area contributed by atoms with Crippen LogP contribution >= 0.6 is 0 Å². The Hall–Kier alpha value is -0.400. The van der Waals surface area contributed by atoms with Crippen molar-refractivity contribution in [2.75, 3.05) is 0 Å². The first-order chi connectivity index (χ1) is 5.22. The van der Waals surface area contributed by atoms with Crippen molar-refractivity contribution in [3.8, 4) is 0 Å². The molecule has 0 bridgehead atoms. The molecule has 2 nitrogen and oxygen atoms in total. The Morgan fingerprint density at radius 1 is 1.27 bits per heavy atom. The zero-order valence-corrected chi connectivity index (χ0v) is 7.84. The van der Waals surface area contributed by atoms with Crippen molar-refractivity contribution in [3.63, 3.8) is 0 Å². The second kappa shape index (κ2) is 6.32. The molecule has 0 heterocycles. The zero-order valence-electron chi connectivity index (χ0n) is 7.84. The highest BCUT2D eigenvalue weighted by molar-refractivity contribution is 4.68. The van der Waals surface area contributed by atoms with Crippen LogP contribution in [0.4, 0.5) is 0 Å². The summed E-state index contributed by atoms with van der Waals surface area (Å²) in [5, 5.41) is 3.11. The average molecular weight is 157 g/mol. The summed E-state index contributed by atoms with van der Waals surface area (Å²) in [6, 6.07) is 0.0431. The number of unbranched alkanes of at least 4 members (excludes halogenated alkanes) is 2. The molecule has 1 unspecified atom stereocenters. The number of nitroso groups, excluding NO2 is 1. The Kier molecular flexibility index (Phi) is 6.09. The van der Waals surface area contributed by atoms with Gasteiger partial charge in [0.15, 0.2) is 0 Å². The first-order valence-electron chi connectivity index (χ1n) is 4.54. The number of rotatable bonds is 6. The summed E-state index contributed by atoms with van der Waals surface area (Å²) in [4.78, 5) is 10.3.